The molecule has 3 rings (SSSR count). The van der Waals surface area contributed by atoms with Crippen LogP contribution in [0.5, 0.6) is 0 Å². The summed E-state index contributed by atoms with van der Waals surface area (Å²) in [6, 6.07) is 17.0. The molecule has 5 nitrogen and oxygen atoms in total. The van der Waals surface area contributed by atoms with Crippen molar-refractivity contribution in [3.63, 3.8) is 0 Å². The highest BCUT2D eigenvalue weighted by Gasteiger charge is 2.31. The van der Waals surface area contributed by atoms with Crippen LogP contribution in [0.3, 0.4) is 0 Å². The van der Waals surface area contributed by atoms with Crippen molar-refractivity contribution in [3.8, 4) is 0 Å². The van der Waals surface area contributed by atoms with Gasteiger partial charge in [0.2, 0.25) is 5.91 Å². The summed E-state index contributed by atoms with van der Waals surface area (Å²) in [5.41, 5.74) is 1.83. The number of carbonyl (C=O) groups is 1. The second-order valence-electron chi connectivity index (χ2n) is 6.85. The van der Waals surface area contributed by atoms with Gasteiger partial charge in [-0.3, -0.25) is 9.69 Å². The van der Waals surface area contributed by atoms with Crippen molar-refractivity contribution < 1.29 is 13.2 Å². The fraction of sp³-hybridized carbons (Fsp3) is 0.286. The van der Waals surface area contributed by atoms with E-state index in [1.54, 1.807) is 22.7 Å². The van der Waals surface area contributed by atoms with Gasteiger partial charge in [-0.05, 0) is 49.2 Å². The quantitative estimate of drug-likeness (QED) is 0.649. The van der Waals surface area contributed by atoms with Crippen molar-refractivity contribution >= 4 is 33.2 Å². The molecule has 1 aliphatic heterocycles. The van der Waals surface area contributed by atoms with E-state index >= 15 is 0 Å². The van der Waals surface area contributed by atoms with Gasteiger partial charge in [0.15, 0.2) is 9.84 Å². The molecule has 2 aromatic rings. The van der Waals surface area contributed by atoms with Crippen molar-refractivity contribution in [2.75, 3.05) is 30.5 Å². The van der Waals surface area contributed by atoms with Gasteiger partial charge in [0.1, 0.15) is 0 Å². The van der Waals surface area contributed by atoms with E-state index in [1.807, 2.05) is 48.5 Å². The van der Waals surface area contributed by atoms with Crippen LogP contribution in [0, 0.1) is 0 Å². The van der Waals surface area contributed by atoms with E-state index < -0.39 is 15.9 Å². The van der Waals surface area contributed by atoms with Crippen LogP contribution >= 0.6 is 11.8 Å². The average molecular weight is 417 g/mol. The predicted molar refractivity (Wildman–Crippen MR) is 115 cm³/mol. The minimum atomic E-state index is -3.26. The average Bonchev–Trinajstić information content (AvgIpc) is 3.02. The minimum Gasteiger partial charge on any atom is -0.303 e. The molecule has 1 heterocycles. The van der Waals surface area contributed by atoms with Gasteiger partial charge in [-0.15, -0.1) is 11.8 Å². The number of carbonyl (C=O) groups excluding carboxylic acids is 1. The largest absolute Gasteiger partial charge is 0.303 e. The Morgan fingerprint density at radius 1 is 1.11 bits per heavy atom. The molecule has 1 aliphatic rings. The van der Waals surface area contributed by atoms with E-state index in [0.717, 1.165) is 5.56 Å². The molecule has 0 radical (unpaired) electrons. The molecule has 0 bridgehead atoms. The maximum atomic E-state index is 13.1. The van der Waals surface area contributed by atoms with E-state index in [4.69, 9.17) is 0 Å². The second-order valence-corrected chi connectivity index (χ2v) is 9.66. The van der Waals surface area contributed by atoms with Gasteiger partial charge >= 0.3 is 0 Å². The molecule has 0 fully saturated rings. The number of thioether (sulfide) groups is 1. The molecular formula is C21H24N2O3S2. The molecule has 0 unspecified atom stereocenters. The van der Waals surface area contributed by atoms with Crippen LogP contribution in [0.4, 0.5) is 5.69 Å². The first-order valence-corrected chi connectivity index (χ1v) is 11.9. The number of amides is 1. The maximum absolute atomic E-state index is 13.1. The zero-order valence-electron chi connectivity index (χ0n) is 16.0. The molecule has 0 spiro atoms. The summed E-state index contributed by atoms with van der Waals surface area (Å²) in [6.07, 6.45) is 3.64. The standard InChI is InChI=1S/C21H24N2O3S2/c1-22(14-17-8-10-20(27-2)11-9-17)15-21(24)23(18-6-4-3-5-7-18)19-12-13-28(25,26)16-19/h3-13,19H,14-16H2,1-2H3/t19-/m1/s1. The number of hydrogen-bond acceptors (Lipinski definition) is 5. The molecule has 0 N–H and O–H groups in total. The smallest absolute Gasteiger partial charge is 0.241 e. The molecule has 0 aliphatic carbocycles. The fourth-order valence-corrected chi connectivity index (χ4v) is 4.91. The highest BCUT2D eigenvalue weighted by Crippen LogP contribution is 2.23. The summed E-state index contributed by atoms with van der Waals surface area (Å²) in [5, 5.41) is 1.21. The Balaban J connectivity index is 1.73. The van der Waals surface area contributed by atoms with E-state index in [1.165, 1.54) is 10.3 Å². The van der Waals surface area contributed by atoms with E-state index in [0.29, 0.717) is 12.2 Å². The zero-order valence-corrected chi connectivity index (χ0v) is 17.6. The van der Waals surface area contributed by atoms with Gasteiger partial charge in [0.05, 0.1) is 18.3 Å². The van der Waals surface area contributed by atoms with Crippen LogP contribution < -0.4 is 4.90 Å². The number of para-hydroxylation sites is 1. The van der Waals surface area contributed by atoms with Crippen LogP contribution in [-0.4, -0.2) is 50.9 Å². The van der Waals surface area contributed by atoms with Gasteiger partial charge < -0.3 is 4.90 Å². The molecule has 1 amide bonds. The lowest BCUT2D eigenvalue weighted by molar-refractivity contribution is -0.119. The Morgan fingerprint density at radius 3 is 2.36 bits per heavy atom. The Hall–Kier alpha value is -2.09. The van der Waals surface area contributed by atoms with Crippen molar-refractivity contribution in [1.82, 2.24) is 4.90 Å². The second kappa shape index (κ2) is 8.94. The summed E-state index contributed by atoms with van der Waals surface area (Å²) in [4.78, 5) is 17.8. The minimum absolute atomic E-state index is 0.0759. The summed E-state index contributed by atoms with van der Waals surface area (Å²) >= 11 is 1.69. The van der Waals surface area contributed by atoms with Gasteiger partial charge in [0, 0.05) is 22.5 Å². The topological polar surface area (TPSA) is 57.7 Å². The summed E-state index contributed by atoms with van der Waals surface area (Å²) < 4.78 is 23.8. The van der Waals surface area contributed by atoms with Crippen molar-refractivity contribution in [2.24, 2.45) is 0 Å². The van der Waals surface area contributed by atoms with Gasteiger partial charge in [-0.25, -0.2) is 8.42 Å². The van der Waals surface area contributed by atoms with Crippen LogP contribution in [0.15, 0.2) is 71.0 Å². The first-order chi connectivity index (χ1) is 13.4. The molecule has 0 saturated heterocycles. The molecule has 7 heteroatoms. The van der Waals surface area contributed by atoms with E-state index in [2.05, 4.69) is 24.3 Å². The number of benzene rings is 2. The lowest BCUT2D eigenvalue weighted by Crippen LogP contribution is -2.45. The number of anilines is 1. The summed E-state index contributed by atoms with van der Waals surface area (Å²) in [5.74, 6) is -0.200. The Kier molecular flexibility index (Phi) is 6.59. The molecular weight excluding hydrogens is 392 g/mol. The van der Waals surface area contributed by atoms with Crippen molar-refractivity contribution in [2.45, 2.75) is 17.5 Å². The SMILES string of the molecule is CSc1ccc(CN(C)CC(=O)N(c2ccccc2)[C@@H]2C=CS(=O)(=O)C2)cc1. The number of hydrogen-bond donors (Lipinski definition) is 0. The van der Waals surface area contributed by atoms with E-state index in [9.17, 15) is 13.2 Å². The van der Waals surface area contributed by atoms with Gasteiger partial charge in [-0.1, -0.05) is 30.3 Å². The predicted octanol–water partition coefficient (Wildman–Crippen LogP) is 3.18. The fourth-order valence-electron chi connectivity index (χ4n) is 3.23. The van der Waals surface area contributed by atoms with Crippen LogP contribution in [0.25, 0.3) is 0 Å². The first kappa shape index (κ1) is 20.6. The summed E-state index contributed by atoms with van der Waals surface area (Å²) in [7, 11) is -1.36. The Labute approximate surface area is 171 Å². The Bertz CT molecular complexity index is 941. The third kappa shape index (κ3) is 5.25. The lowest BCUT2D eigenvalue weighted by Gasteiger charge is -2.29. The normalized spacial score (nSPS) is 17.8. The highest BCUT2D eigenvalue weighted by atomic mass is 32.2. The van der Waals surface area contributed by atoms with Crippen LogP contribution in [0.1, 0.15) is 5.56 Å². The van der Waals surface area contributed by atoms with Crippen molar-refractivity contribution in [1.29, 1.82) is 0 Å². The molecule has 2 aromatic carbocycles. The lowest BCUT2D eigenvalue weighted by atomic mass is 10.2. The third-order valence-corrected chi connectivity index (χ3v) is 6.68. The molecule has 148 valence electrons. The van der Waals surface area contributed by atoms with Crippen LogP contribution in [-0.2, 0) is 21.2 Å². The van der Waals surface area contributed by atoms with Crippen molar-refractivity contribution in [3.05, 3.63) is 71.6 Å². The van der Waals surface area contributed by atoms with E-state index in [-0.39, 0.29) is 18.2 Å². The molecule has 28 heavy (non-hydrogen) atoms. The number of rotatable bonds is 7. The molecule has 0 aromatic heterocycles. The monoisotopic (exact) mass is 416 g/mol. The molecule has 1 atom stereocenters. The van der Waals surface area contributed by atoms with Gasteiger partial charge in [0.25, 0.3) is 0 Å². The first-order valence-electron chi connectivity index (χ1n) is 8.97. The highest BCUT2D eigenvalue weighted by molar-refractivity contribution is 7.98. The van der Waals surface area contributed by atoms with Gasteiger partial charge in [-0.2, -0.15) is 0 Å². The Morgan fingerprint density at radius 2 is 1.79 bits per heavy atom. The number of sulfone groups is 1. The van der Waals surface area contributed by atoms with Crippen LogP contribution in [0.2, 0.25) is 0 Å². The summed E-state index contributed by atoms with van der Waals surface area (Å²) in [6.45, 7) is 0.839. The zero-order chi connectivity index (χ0) is 20.1. The number of likely N-dealkylation sites (N-methyl/N-ethyl adjacent to an activating group) is 1. The molecule has 0 saturated carbocycles. The maximum Gasteiger partial charge on any atom is 0.241 e. The third-order valence-electron chi connectivity index (χ3n) is 4.56. The number of nitrogens with zero attached hydrogens (tertiary/aromatic N) is 2.